The summed E-state index contributed by atoms with van der Waals surface area (Å²) in [7, 11) is 4.62. The number of amides is 1. The van der Waals surface area contributed by atoms with E-state index < -0.39 is 5.97 Å². The van der Waals surface area contributed by atoms with Crippen LogP contribution in [0, 0.1) is 0 Å². The standard InChI is InChI=1S/C20H23NO6/c1-25-16-10-6-14(19(26-2)20(16)27-3)7-11-17(22)21-15-8-4-13(5-9-15)12-18(23)24/h4-6,8-10H,7,11-12H2,1-3H3,(H,21,22)(H,23,24). The number of anilines is 1. The summed E-state index contributed by atoms with van der Waals surface area (Å²) < 4.78 is 16.0. The van der Waals surface area contributed by atoms with Crippen LogP contribution < -0.4 is 19.5 Å². The normalized spacial score (nSPS) is 10.2. The molecule has 0 saturated heterocycles. The van der Waals surface area contributed by atoms with Crippen molar-refractivity contribution in [3.05, 3.63) is 47.5 Å². The second kappa shape index (κ2) is 9.47. The maximum absolute atomic E-state index is 12.2. The fourth-order valence-corrected chi connectivity index (χ4v) is 2.71. The second-order valence-corrected chi connectivity index (χ2v) is 5.81. The van der Waals surface area contributed by atoms with Crippen LogP contribution in [0.3, 0.4) is 0 Å². The van der Waals surface area contributed by atoms with Gasteiger partial charge < -0.3 is 24.6 Å². The number of carboxylic acid groups (broad SMARTS) is 1. The number of aliphatic carboxylic acids is 1. The van der Waals surface area contributed by atoms with Gasteiger partial charge in [-0.1, -0.05) is 18.2 Å². The first-order chi connectivity index (χ1) is 13.0. The van der Waals surface area contributed by atoms with Crippen LogP contribution in [0.25, 0.3) is 0 Å². The maximum Gasteiger partial charge on any atom is 0.307 e. The number of nitrogens with one attached hydrogen (secondary N) is 1. The van der Waals surface area contributed by atoms with Crippen molar-refractivity contribution in [2.45, 2.75) is 19.3 Å². The highest BCUT2D eigenvalue weighted by molar-refractivity contribution is 5.91. The van der Waals surface area contributed by atoms with Gasteiger partial charge in [0.2, 0.25) is 11.7 Å². The monoisotopic (exact) mass is 373 g/mol. The molecule has 0 heterocycles. The zero-order valence-electron chi connectivity index (χ0n) is 15.6. The minimum Gasteiger partial charge on any atom is -0.493 e. The lowest BCUT2D eigenvalue weighted by Crippen LogP contribution is -2.13. The first kappa shape index (κ1) is 20.1. The van der Waals surface area contributed by atoms with E-state index in [1.54, 1.807) is 44.6 Å². The number of methoxy groups -OCH3 is 3. The van der Waals surface area contributed by atoms with E-state index in [4.69, 9.17) is 19.3 Å². The highest BCUT2D eigenvalue weighted by atomic mass is 16.5. The molecular weight excluding hydrogens is 350 g/mol. The Morgan fingerprint density at radius 3 is 2.15 bits per heavy atom. The number of benzene rings is 2. The molecule has 2 aromatic carbocycles. The average Bonchev–Trinajstić information content (AvgIpc) is 2.66. The van der Waals surface area contributed by atoms with E-state index >= 15 is 0 Å². The summed E-state index contributed by atoms with van der Waals surface area (Å²) in [6.07, 6.45) is 0.669. The van der Waals surface area contributed by atoms with Crippen LogP contribution in [0.2, 0.25) is 0 Å². The lowest BCUT2D eigenvalue weighted by molar-refractivity contribution is -0.136. The van der Waals surface area contributed by atoms with Gasteiger partial charge in [0.1, 0.15) is 0 Å². The first-order valence-electron chi connectivity index (χ1n) is 8.37. The highest BCUT2D eigenvalue weighted by Crippen LogP contribution is 2.40. The largest absolute Gasteiger partial charge is 0.493 e. The van der Waals surface area contributed by atoms with E-state index in [1.807, 2.05) is 6.07 Å². The molecule has 2 aromatic rings. The Bertz CT molecular complexity index is 801. The molecule has 144 valence electrons. The van der Waals surface area contributed by atoms with Crippen molar-refractivity contribution in [1.82, 2.24) is 0 Å². The minimum atomic E-state index is -0.893. The first-order valence-corrected chi connectivity index (χ1v) is 8.37. The van der Waals surface area contributed by atoms with Crippen molar-refractivity contribution in [1.29, 1.82) is 0 Å². The van der Waals surface area contributed by atoms with Crippen molar-refractivity contribution >= 4 is 17.6 Å². The number of carbonyl (C=O) groups is 2. The van der Waals surface area contributed by atoms with Gasteiger partial charge in [0, 0.05) is 12.1 Å². The van der Waals surface area contributed by atoms with E-state index in [0.717, 1.165) is 5.56 Å². The predicted molar refractivity (Wildman–Crippen MR) is 101 cm³/mol. The lowest BCUT2D eigenvalue weighted by atomic mass is 10.1. The van der Waals surface area contributed by atoms with Crippen LogP contribution in [-0.2, 0) is 22.4 Å². The Labute approximate surface area is 157 Å². The summed E-state index contributed by atoms with van der Waals surface area (Å²) in [5.74, 6) is 0.548. The summed E-state index contributed by atoms with van der Waals surface area (Å²) in [6.45, 7) is 0. The van der Waals surface area contributed by atoms with Gasteiger partial charge in [-0.05, 0) is 35.7 Å². The number of carboxylic acids is 1. The molecule has 0 spiro atoms. The Hall–Kier alpha value is -3.22. The van der Waals surface area contributed by atoms with Crippen molar-refractivity contribution in [3.8, 4) is 17.2 Å². The molecule has 27 heavy (non-hydrogen) atoms. The molecule has 0 aliphatic heterocycles. The van der Waals surface area contributed by atoms with E-state index in [-0.39, 0.29) is 18.7 Å². The van der Waals surface area contributed by atoms with Crippen LogP contribution in [0.5, 0.6) is 17.2 Å². The van der Waals surface area contributed by atoms with E-state index in [1.165, 1.54) is 7.11 Å². The van der Waals surface area contributed by atoms with Gasteiger partial charge in [-0.15, -0.1) is 0 Å². The van der Waals surface area contributed by atoms with Crippen molar-refractivity contribution in [3.63, 3.8) is 0 Å². The summed E-state index contributed by atoms with van der Waals surface area (Å²) >= 11 is 0. The third-order valence-electron chi connectivity index (χ3n) is 4.00. The number of aryl methyl sites for hydroxylation is 1. The Morgan fingerprint density at radius 2 is 1.59 bits per heavy atom. The zero-order valence-corrected chi connectivity index (χ0v) is 15.6. The van der Waals surface area contributed by atoms with E-state index in [0.29, 0.717) is 34.9 Å². The molecule has 0 aliphatic rings. The SMILES string of the molecule is COc1ccc(CCC(=O)Nc2ccc(CC(=O)O)cc2)c(OC)c1OC. The minimum absolute atomic E-state index is 0.0483. The van der Waals surface area contributed by atoms with Crippen LogP contribution in [0.1, 0.15) is 17.5 Å². The molecule has 0 atom stereocenters. The third kappa shape index (κ3) is 5.37. The van der Waals surface area contributed by atoms with Crippen LogP contribution in [0.4, 0.5) is 5.69 Å². The van der Waals surface area contributed by atoms with Crippen molar-refractivity contribution < 1.29 is 28.9 Å². The molecule has 0 unspecified atom stereocenters. The van der Waals surface area contributed by atoms with Gasteiger partial charge in [-0.25, -0.2) is 0 Å². The van der Waals surface area contributed by atoms with E-state index in [9.17, 15) is 9.59 Å². The molecule has 7 nitrogen and oxygen atoms in total. The highest BCUT2D eigenvalue weighted by Gasteiger charge is 2.16. The number of carbonyl (C=O) groups excluding carboxylic acids is 1. The molecule has 2 N–H and O–H groups in total. The second-order valence-electron chi connectivity index (χ2n) is 5.81. The van der Waals surface area contributed by atoms with Crippen LogP contribution in [0.15, 0.2) is 36.4 Å². The molecule has 0 aromatic heterocycles. The molecule has 0 fully saturated rings. The maximum atomic E-state index is 12.2. The molecule has 1 amide bonds. The molecule has 7 heteroatoms. The van der Waals surface area contributed by atoms with E-state index in [2.05, 4.69) is 5.32 Å². The molecule has 2 rings (SSSR count). The quantitative estimate of drug-likeness (QED) is 0.702. The molecule has 0 radical (unpaired) electrons. The Morgan fingerprint density at radius 1 is 0.926 bits per heavy atom. The molecule has 0 aliphatic carbocycles. The average molecular weight is 373 g/mol. The van der Waals surface area contributed by atoms with Crippen LogP contribution in [-0.4, -0.2) is 38.3 Å². The fraction of sp³-hybridized carbons (Fsp3) is 0.300. The molecule has 0 bridgehead atoms. The lowest BCUT2D eigenvalue weighted by Gasteiger charge is -2.15. The van der Waals surface area contributed by atoms with Gasteiger partial charge in [-0.3, -0.25) is 9.59 Å². The van der Waals surface area contributed by atoms with Gasteiger partial charge in [0.15, 0.2) is 11.5 Å². The van der Waals surface area contributed by atoms with Gasteiger partial charge in [-0.2, -0.15) is 0 Å². The van der Waals surface area contributed by atoms with Crippen molar-refractivity contribution in [2.75, 3.05) is 26.6 Å². The summed E-state index contributed by atoms with van der Waals surface area (Å²) in [6, 6.07) is 10.4. The van der Waals surface area contributed by atoms with Gasteiger partial charge in [0.25, 0.3) is 0 Å². The number of rotatable bonds is 9. The fourth-order valence-electron chi connectivity index (χ4n) is 2.71. The van der Waals surface area contributed by atoms with Crippen molar-refractivity contribution in [2.24, 2.45) is 0 Å². The Balaban J connectivity index is 2.00. The summed E-state index contributed by atoms with van der Waals surface area (Å²) in [4.78, 5) is 22.9. The van der Waals surface area contributed by atoms with Crippen LogP contribution >= 0.6 is 0 Å². The number of ether oxygens (including phenoxy) is 3. The number of hydrogen-bond acceptors (Lipinski definition) is 5. The van der Waals surface area contributed by atoms with Gasteiger partial charge in [0.05, 0.1) is 27.8 Å². The molecular formula is C20H23NO6. The predicted octanol–water partition coefficient (Wildman–Crippen LogP) is 2.91. The molecule has 0 saturated carbocycles. The smallest absolute Gasteiger partial charge is 0.307 e. The zero-order chi connectivity index (χ0) is 19.8. The topological polar surface area (TPSA) is 94.1 Å². The summed E-state index contributed by atoms with van der Waals surface area (Å²) in [5.41, 5.74) is 2.13. The van der Waals surface area contributed by atoms with Gasteiger partial charge >= 0.3 is 5.97 Å². The number of hydrogen-bond donors (Lipinski definition) is 2. The Kier molecular flexibility index (Phi) is 7.05. The summed E-state index contributed by atoms with van der Waals surface area (Å²) in [5, 5.41) is 11.6. The third-order valence-corrected chi connectivity index (χ3v) is 4.00.